The number of benzene rings is 1. The summed E-state index contributed by atoms with van der Waals surface area (Å²) in [6.45, 7) is 12.6. The van der Waals surface area contributed by atoms with E-state index in [2.05, 4.69) is 15.3 Å². The van der Waals surface area contributed by atoms with Crippen molar-refractivity contribution in [2.24, 2.45) is 10.7 Å². The molecule has 0 spiro atoms. The van der Waals surface area contributed by atoms with E-state index < -0.39 is 17.6 Å². The predicted molar refractivity (Wildman–Crippen MR) is 150 cm³/mol. The Hall–Kier alpha value is -3.65. The fourth-order valence-electron chi connectivity index (χ4n) is 3.96. The first kappa shape index (κ1) is 27.9. The van der Waals surface area contributed by atoms with E-state index in [1.54, 1.807) is 66.1 Å². The fourth-order valence-corrected chi connectivity index (χ4v) is 4.11. The number of aromatic nitrogens is 1. The molecule has 1 atom stereocenters. The van der Waals surface area contributed by atoms with E-state index in [1.807, 2.05) is 19.9 Å². The number of carbonyl (C=O) groups is 1. The maximum atomic E-state index is 13.4. The van der Waals surface area contributed by atoms with Gasteiger partial charge in [-0.3, -0.25) is 9.79 Å². The van der Waals surface area contributed by atoms with Crippen LogP contribution in [-0.2, 0) is 4.74 Å². The molecule has 3 aromatic rings. The maximum absolute atomic E-state index is 13.4. The number of hydrogen-bond donors (Lipinski definition) is 2. The van der Waals surface area contributed by atoms with Gasteiger partial charge in [0.15, 0.2) is 11.1 Å². The predicted octanol–water partition coefficient (Wildman–Crippen LogP) is 5.98. The number of nitrogens with two attached hydrogens (primary N) is 1. The van der Waals surface area contributed by atoms with Crippen LogP contribution in [0.3, 0.4) is 0 Å². The van der Waals surface area contributed by atoms with Crippen molar-refractivity contribution in [1.29, 1.82) is 0 Å². The SMILES string of the molecule is CN=C/C(=C(/C)N)c1oc2c(C(C)Nc3ccc(Cl)nc3C(=O)OC(C)(C)C)cc(C)cc2c(=O)c1C. The van der Waals surface area contributed by atoms with Gasteiger partial charge in [0.05, 0.1) is 22.7 Å². The Kier molecular flexibility index (Phi) is 8.12. The van der Waals surface area contributed by atoms with Crippen molar-refractivity contribution in [3.63, 3.8) is 0 Å². The zero-order valence-electron chi connectivity index (χ0n) is 22.4. The Morgan fingerprint density at radius 2 is 1.95 bits per heavy atom. The third-order valence-electron chi connectivity index (χ3n) is 5.61. The smallest absolute Gasteiger partial charge is 0.359 e. The van der Waals surface area contributed by atoms with Gasteiger partial charge < -0.3 is 20.2 Å². The van der Waals surface area contributed by atoms with E-state index in [-0.39, 0.29) is 16.3 Å². The first-order chi connectivity index (χ1) is 17.2. The molecule has 196 valence electrons. The Labute approximate surface area is 221 Å². The number of carbonyl (C=O) groups excluding carboxylic acids is 1. The minimum absolute atomic E-state index is 0.0624. The van der Waals surface area contributed by atoms with Crippen LogP contribution in [0.1, 0.15) is 73.6 Å². The van der Waals surface area contributed by atoms with Crippen LogP contribution in [-0.4, -0.2) is 29.8 Å². The van der Waals surface area contributed by atoms with Crippen molar-refractivity contribution < 1.29 is 13.9 Å². The molecule has 0 saturated heterocycles. The number of anilines is 1. The zero-order chi connectivity index (χ0) is 27.7. The van der Waals surface area contributed by atoms with E-state index in [0.717, 1.165) is 11.1 Å². The van der Waals surface area contributed by atoms with Crippen molar-refractivity contribution in [3.8, 4) is 0 Å². The average Bonchev–Trinajstić information content (AvgIpc) is 2.79. The monoisotopic (exact) mass is 524 g/mol. The topological polar surface area (TPSA) is 120 Å². The highest BCUT2D eigenvalue weighted by Gasteiger charge is 2.25. The minimum Gasteiger partial charge on any atom is -0.455 e. The zero-order valence-corrected chi connectivity index (χ0v) is 23.2. The van der Waals surface area contributed by atoms with Crippen molar-refractivity contribution >= 4 is 46.0 Å². The second kappa shape index (κ2) is 10.8. The number of fused-ring (bicyclic) bond motifs is 1. The molecule has 2 aromatic heterocycles. The van der Waals surface area contributed by atoms with Gasteiger partial charge >= 0.3 is 5.97 Å². The molecule has 0 amide bonds. The highest BCUT2D eigenvalue weighted by Crippen LogP contribution is 2.32. The van der Waals surface area contributed by atoms with Crippen molar-refractivity contribution in [3.05, 3.63) is 73.5 Å². The van der Waals surface area contributed by atoms with Gasteiger partial charge in [0.2, 0.25) is 0 Å². The molecule has 3 rings (SSSR count). The summed E-state index contributed by atoms with van der Waals surface area (Å²) in [5.74, 6) is -0.238. The summed E-state index contributed by atoms with van der Waals surface area (Å²) in [5, 5.41) is 3.94. The van der Waals surface area contributed by atoms with E-state index in [0.29, 0.717) is 39.3 Å². The quantitative estimate of drug-likeness (QED) is 0.231. The first-order valence-corrected chi connectivity index (χ1v) is 12.2. The number of hydrogen-bond acceptors (Lipinski definition) is 8. The van der Waals surface area contributed by atoms with Gasteiger partial charge in [0.25, 0.3) is 0 Å². The van der Waals surface area contributed by atoms with Gasteiger partial charge in [-0.1, -0.05) is 17.7 Å². The summed E-state index contributed by atoms with van der Waals surface area (Å²) in [5.41, 5.74) is 9.22. The molecule has 0 aliphatic heterocycles. The third-order valence-corrected chi connectivity index (χ3v) is 5.82. The van der Waals surface area contributed by atoms with Crippen LogP contribution in [0.5, 0.6) is 0 Å². The van der Waals surface area contributed by atoms with E-state index in [1.165, 1.54) is 0 Å². The Balaban J connectivity index is 2.18. The van der Waals surface area contributed by atoms with Crippen LogP contribution in [0.25, 0.3) is 16.5 Å². The molecule has 0 aliphatic rings. The number of ether oxygens (including phenoxy) is 1. The lowest BCUT2D eigenvalue weighted by atomic mass is 9.98. The van der Waals surface area contributed by atoms with Gasteiger partial charge in [-0.25, -0.2) is 9.78 Å². The number of pyridine rings is 1. The number of rotatable bonds is 6. The lowest BCUT2D eigenvalue weighted by Gasteiger charge is -2.22. The van der Waals surface area contributed by atoms with Crippen molar-refractivity contribution in [1.82, 2.24) is 4.98 Å². The van der Waals surface area contributed by atoms with Crippen LogP contribution in [0.4, 0.5) is 5.69 Å². The fraction of sp³-hybridized carbons (Fsp3) is 0.357. The molecular weight excluding hydrogens is 492 g/mol. The number of esters is 1. The van der Waals surface area contributed by atoms with Crippen LogP contribution in [0.15, 0.2) is 44.2 Å². The standard InChI is InChI=1S/C28H33ClN4O4/c1-14-11-18(17(4)32-21-9-10-22(29)33-23(21)27(35)37-28(5,6)7)26-19(12-14)24(34)15(2)25(36-26)20(13-31-8)16(3)30/h9-13,17,32H,30H2,1-8H3/b20-16+,31-13?. The van der Waals surface area contributed by atoms with Gasteiger partial charge in [0.1, 0.15) is 22.1 Å². The number of aryl methyl sites for hydroxylation is 1. The summed E-state index contributed by atoms with van der Waals surface area (Å²) in [6, 6.07) is 6.61. The molecule has 0 bridgehead atoms. The molecule has 1 aromatic carbocycles. The molecule has 0 radical (unpaired) electrons. The number of halogens is 1. The molecular formula is C28H33ClN4O4. The molecule has 1 unspecified atom stereocenters. The van der Waals surface area contributed by atoms with Crippen LogP contribution < -0.4 is 16.5 Å². The van der Waals surface area contributed by atoms with Crippen LogP contribution in [0.2, 0.25) is 5.15 Å². The molecule has 2 heterocycles. The number of nitrogens with one attached hydrogen (secondary N) is 1. The molecule has 3 N–H and O–H groups in total. The summed E-state index contributed by atoms with van der Waals surface area (Å²) in [7, 11) is 1.63. The van der Waals surface area contributed by atoms with E-state index >= 15 is 0 Å². The Bertz CT molecular complexity index is 1480. The Morgan fingerprint density at radius 1 is 1.27 bits per heavy atom. The minimum atomic E-state index is -0.706. The molecule has 0 saturated carbocycles. The summed E-state index contributed by atoms with van der Waals surface area (Å²) < 4.78 is 11.9. The van der Waals surface area contributed by atoms with E-state index in [9.17, 15) is 9.59 Å². The number of aliphatic imine (C=N–C) groups is 1. The Morgan fingerprint density at radius 3 is 2.54 bits per heavy atom. The highest BCUT2D eigenvalue weighted by molar-refractivity contribution is 6.29. The third kappa shape index (κ3) is 6.20. The lowest BCUT2D eigenvalue weighted by molar-refractivity contribution is 0.00640. The number of nitrogens with zero attached hydrogens (tertiary/aromatic N) is 2. The van der Waals surface area contributed by atoms with Crippen molar-refractivity contribution in [2.75, 3.05) is 12.4 Å². The summed E-state index contributed by atoms with van der Waals surface area (Å²) in [6.07, 6.45) is 1.58. The number of allylic oxidation sites excluding steroid dienone is 2. The second-order valence-corrected chi connectivity index (χ2v) is 10.4. The molecule has 9 heteroatoms. The molecule has 0 aliphatic carbocycles. The van der Waals surface area contributed by atoms with Gasteiger partial charge in [-0.15, -0.1) is 0 Å². The van der Waals surface area contributed by atoms with Gasteiger partial charge in [0, 0.05) is 30.1 Å². The van der Waals surface area contributed by atoms with Gasteiger partial charge in [-0.05, 0) is 72.2 Å². The first-order valence-electron chi connectivity index (χ1n) is 11.9. The molecule has 0 fully saturated rings. The summed E-state index contributed by atoms with van der Waals surface area (Å²) in [4.78, 5) is 34.6. The largest absolute Gasteiger partial charge is 0.455 e. The highest BCUT2D eigenvalue weighted by atomic mass is 35.5. The van der Waals surface area contributed by atoms with E-state index in [4.69, 9.17) is 26.5 Å². The lowest BCUT2D eigenvalue weighted by Crippen LogP contribution is -2.25. The maximum Gasteiger partial charge on any atom is 0.359 e. The van der Waals surface area contributed by atoms with Crippen LogP contribution >= 0.6 is 11.6 Å². The summed E-state index contributed by atoms with van der Waals surface area (Å²) >= 11 is 6.09. The molecule has 8 nitrogen and oxygen atoms in total. The normalized spacial score (nSPS) is 13.5. The second-order valence-electron chi connectivity index (χ2n) is 10.00. The van der Waals surface area contributed by atoms with Gasteiger partial charge in [-0.2, -0.15) is 0 Å². The average molecular weight is 525 g/mol. The van der Waals surface area contributed by atoms with Crippen LogP contribution in [0, 0.1) is 13.8 Å². The molecule has 37 heavy (non-hydrogen) atoms. The van der Waals surface area contributed by atoms with Crippen molar-refractivity contribution in [2.45, 2.75) is 60.1 Å².